The fraction of sp³-hybridized carbons (Fsp3) is 0.182. The molecule has 0 saturated carbocycles. The van der Waals surface area contributed by atoms with E-state index in [4.69, 9.17) is 0 Å². The summed E-state index contributed by atoms with van der Waals surface area (Å²) < 4.78 is 0. The van der Waals surface area contributed by atoms with Crippen molar-refractivity contribution in [3.63, 3.8) is 0 Å². The van der Waals surface area contributed by atoms with E-state index in [-0.39, 0.29) is 23.8 Å². The standard InChI is InChI=1S/C11H12N4O2/c1-7-2-3-9(16)8(4-7)11(17)12-5-10-13-6-14-15-10/h2-4,6,16H,5H2,1H3,(H,12,17)(H,13,14,15). The molecule has 2 rings (SSSR count). The predicted molar refractivity (Wildman–Crippen MR) is 60.4 cm³/mol. The molecule has 3 N–H and O–H groups in total. The number of nitrogens with zero attached hydrogens (tertiary/aromatic N) is 2. The Labute approximate surface area is 97.7 Å². The Kier molecular flexibility index (Phi) is 3.04. The molecular formula is C11H12N4O2. The largest absolute Gasteiger partial charge is 0.507 e. The lowest BCUT2D eigenvalue weighted by molar-refractivity contribution is 0.0947. The first-order valence-corrected chi connectivity index (χ1v) is 5.09. The molecule has 0 atom stereocenters. The average molecular weight is 232 g/mol. The Balaban J connectivity index is 2.07. The molecule has 17 heavy (non-hydrogen) atoms. The van der Waals surface area contributed by atoms with Crippen molar-refractivity contribution in [1.29, 1.82) is 0 Å². The van der Waals surface area contributed by atoms with E-state index in [1.807, 2.05) is 6.92 Å². The van der Waals surface area contributed by atoms with Gasteiger partial charge in [-0.15, -0.1) is 0 Å². The van der Waals surface area contributed by atoms with Gasteiger partial charge in [-0.2, -0.15) is 5.10 Å². The summed E-state index contributed by atoms with van der Waals surface area (Å²) in [4.78, 5) is 15.7. The number of aromatic amines is 1. The van der Waals surface area contributed by atoms with E-state index in [0.29, 0.717) is 5.82 Å². The lowest BCUT2D eigenvalue weighted by Crippen LogP contribution is -2.23. The first-order valence-electron chi connectivity index (χ1n) is 5.09. The van der Waals surface area contributed by atoms with Crippen molar-refractivity contribution in [2.45, 2.75) is 13.5 Å². The number of carbonyl (C=O) groups excluding carboxylic acids is 1. The number of aryl methyl sites for hydroxylation is 1. The summed E-state index contributed by atoms with van der Waals surface area (Å²) in [6.07, 6.45) is 1.37. The molecule has 1 aromatic carbocycles. The van der Waals surface area contributed by atoms with E-state index >= 15 is 0 Å². The van der Waals surface area contributed by atoms with Crippen LogP contribution in [0.5, 0.6) is 5.75 Å². The Morgan fingerprint density at radius 2 is 2.35 bits per heavy atom. The van der Waals surface area contributed by atoms with Gasteiger partial charge in [-0.3, -0.25) is 9.89 Å². The van der Waals surface area contributed by atoms with Gasteiger partial charge in [0.1, 0.15) is 17.9 Å². The summed E-state index contributed by atoms with van der Waals surface area (Å²) in [5, 5.41) is 18.5. The molecule has 0 aliphatic heterocycles. The van der Waals surface area contributed by atoms with Crippen molar-refractivity contribution < 1.29 is 9.90 Å². The van der Waals surface area contributed by atoms with Gasteiger partial charge in [-0.05, 0) is 19.1 Å². The summed E-state index contributed by atoms with van der Waals surface area (Å²) in [6, 6.07) is 4.87. The van der Waals surface area contributed by atoms with Gasteiger partial charge >= 0.3 is 0 Å². The van der Waals surface area contributed by atoms with Gasteiger partial charge < -0.3 is 10.4 Å². The van der Waals surface area contributed by atoms with Crippen LogP contribution in [0.4, 0.5) is 0 Å². The number of H-pyrrole nitrogens is 1. The molecule has 0 aliphatic carbocycles. The third kappa shape index (κ3) is 2.60. The summed E-state index contributed by atoms with van der Waals surface area (Å²) in [7, 11) is 0. The molecule has 0 aliphatic rings. The monoisotopic (exact) mass is 232 g/mol. The smallest absolute Gasteiger partial charge is 0.255 e. The highest BCUT2D eigenvalue weighted by Gasteiger charge is 2.11. The van der Waals surface area contributed by atoms with Crippen LogP contribution in [0.1, 0.15) is 21.7 Å². The van der Waals surface area contributed by atoms with Crippen LogP contribution in [0, 0.1) is 6.92 Å². The lowest BCUT2D eigenvalue weighted by Gasteiger charge is -2.06. The fourth-order valence-electron chi connectivity index (χ4n) is 1.41. The second-order valence-electron chi connectivity index (χ2n) is 3.64. The second kappa shape index (κ2) is 4.65. The molecule has 88 valence electrons. The summed E-state index contributed by atoms with van der Waals surface area (Å²) in [6.45, 7) is 2.10. The van der Waals surface area contributed by atoms with Gasteiger partial charge in [0, 0.05) is 0 Å². The van der Waals surface area contributed by atoms with Crippen LogP contribution in [0.2, 0.25) is 0 Å². The number of aromatic nitrogens is 3. The van der Waals surface area contributed by atoms with Gasteiger partial charge in [0.15, 0.2) is 0 Å². The SMILES string of the molecule is Cc1ccc(O)c(C(=O)NCc2ncn[nH]2)c1. The maximum Gasteiger partial charge on any atom is 0.255 e. The van der Waals surface area contributed by atoms with Crippen LogP contribution >= 0.6 is 0 Å². The first kappa shape index (κ1) is 11.1. The number of aromatic hydroxyl groups is 1. The molecule has 0 spiro atoms. The minimum Gasteiger partial charge on any atom is -0.507 e. The Morgan fingerprint density at radius 1 is 1.53 bits per heavy atom. The molecule has 6 heteroatoms. The quantitative estimate of drug-likeness (QED) is 0.728. The number of amides is 1. The lowest BCUT2D eigenvalue weighted by atomic mass is 10.1. The highest BCUT2D eigenvalue weighted by Crippen LogP contribution is 2.17. The highest BCUT2D eigenvalue weighted by molar-refractivity contribution is 5.96. The number of carbonyl (C=O) groups is 1. The Morgan fingerprint density at radius 3 is 3.06 bits per heavy atom. The normalized spacial score (nSPS) is 10.2. The minimum atomic E-state index is -0.345. The summed E-state index contributed by atoms with van der Waals surface area (Å²) in [5.41, 5.74) is 1.16. The van der Waals surface area contributed by atoms with E-state index in [0.717, 1.165) is 5.56 Å². The zero-order chi connectivity index (χ0) is 12.3. The first-order chi connectivity index (χ1) is 8.16. The predicted octanol–water partition coefficient (Wildman–Crippen LogP) is 0.749. The van der Waals surface area contributed by atoms with Gasteiger partial charge in [-0.25, -0.2) is 4.98 Å². The number of phenols is 1. The number of benzene rings is 1. The van der Waals surface area contributed by atoms with Crippen LogP contribution in [0.15, 0.2) is 24.5 Å². The summed E-state index contributed by atoms with van der Waals surface area (Å²) >= 11 is 0. The van der Waals surface area contributed by atoms with Crippen molar-refractivity contribution in [1.82, 2.24) is 20.5 Å². The number of nitrogens with one attached hydrogen (secondary N) is 2. The van der Waals surface area contributed by atoms with Gasteiger partial charge in [0.25, 0.3) is 5.91 Å². The van der Waals surface area contributed by atoms with Crippen molar-refractivity contribution in [2.24, 2.45) is 0 Å². The molecule has 0 saturated heterocycles. The molecule has 1 heterocycles. The van der Waals surface area contributed by atoms with E-state index in [1.54, 1.807) is 12.1 Å². The number of phenolic OH excluding ortho intramolecular Hbond substituents is 1. The van der Waals surface area contributed by atoms with Crippen LogP contribution < -0.4 is 5.32 Å². The van der Waals surface area contributed by atoms with Crippen molar-refractivity contribution >= 4 is 5.91 Å². The molecule has 0 radical (unpaired) electrons. The third-order valence-electron chi connectivity index (χ3n) is 2.28. The molecule has 1 aromatic heterocycles. The van der Waals surface area contributed by atoms with E-state index in [2.05, 4.69) is 20.5 Å². The topological polar surface area (TPSA) is 90.9 Å². The van der Waals surface area contributed by atoms with Crippen molar-refractivity contribution in [3.05, 3.63) is 41.5 Å². The molecule has 0 bridgehead atoms. The Bertz CT molecular complexity index is 522. The zero-order valence-electron chi connectivity index (χ0n) is 9.27. The van der Waals surface area contributed by atoms with Crippen LogP contribution in [0.3, 0.4) is 0 Å². The maximum absolute atomic E-state index is 11.8. The fourth-order valence-corrected chi connectivity index (χ4v) is 1.41. The van der Waals surface area contributed by atoms with Crippen molar-refractivity contribution in [2.75, 3.05) is 0 Å². The maximum atomic E-state index is 11.8. The van der Waals surface area contributed by atoms with E-state index in [9.17, 15) is 9.90 Å². The molecular weight excluding hydrogens is 220 g/mol. The van der Waals surface area contributed by atoms with Crippen molar-refractivity contribution in [3.8, 4) is 5.75 Å². The van der Waals surface area contributed by atoms with Gasteiger partial charge in [0.05, 0.1) is 12.1 Å². The number of hydrogen-bond donors (Lipinski definition) is 3. The van der Waals surface area contributed by atoms with E-state index < -0.39 is 0 Å². The van der Waals surface area contributed by atoms with Crippen LogP contribution in [-0.2, 0) is 6.54 Å². The number of rotatable bonds is 3. The zero-order valence-corrected chi connectivity index (χ0v) is 9.27. The molecule has 6 nitrogen and oxygen atoms in total. The van der Waals surface area contributed by atoms with Gasteiger partial charge in [-0.1, -0.05) is 11.6 Å². The average Bonchev–Trinajstić information content (AvgIpc) is 2.82. The molecule has 0 fully saturated rings. The minimum absolute atomic E-state index is 0.0364. The second-order valence-corrected chi connectivity index (χ2v) is 3.64. The molecule has 1 amide bonds. The van der Waals surface area contributed by atoms with E-state index in [1.165, 1.54) is 12.4 Å². The molecule has 0 unspecified atom stereocenters. The summed E-state index contributed by atoms with van der Waals surface area (Å²) in [5.74, 6) is 0.179. The highest BCUT2D eigenvalue weighted by atomic mass is 16.3. The van der Waals surface area contributed by atoms with Gasteiger partial charge in [0.2, 0.25) is 0 Å². The number of hydrogen-bond acceptors (Lipinski definition) is 4. The van der Waals surface area contributed by atoms with Crippen LogP contribution in [0.25, 0.3) is 0 Å². The Hall–Kier alpha value is -2.37. The van der Waals surface area contributed by atoms with Crippen LogP contribution in [-0.4, -0.2) is 26.2 Å². The third-order valence-corrected chi connectivity index (χ3v) is 2.28. The molecule has 2 aromatic rings.